The van der Waals surface area contributed by atoms with Gasteiger partial charge in [-0.2, -0.15) is 4.68 Å². The summed E-state index contributed by atoms with van der Waals surface area (Å²) in [6.45, 7) is -0.264. The van der Waals surface area contributed by atoms with Gasteiger partial charge < -0.3 is 15.4 Å². The van der Waals surface area contributed by atoms with Crippen LogP contribution in [0, 0.1) is 5.82 Å². The van der Waals surface area contributed by atoms with E-state index in [1.165, 1.54) is 12.1 Å². The molecule has 2 aromatic carbocycles. The maximum absolute atomic E-state index is 13.6. The van der Waals surface area contributed by atoms with Crippen LogP contribution < -0.4 is 21.1 Å². The van der Waals surface area contributed by atoms with E-state index in [-0.39, 0.29) is 29.5 Å². The molecule has 40 heavy (non-hydrogen) atoms. The van der Waals surface area contributed by atoms with Crippen molar-refractivity contribution in [2.24, 2.45) is 0 Å². The maximum Gasteiger partial charge on any atom is 0.573 e. The molecule has 0 saturated carbocycles. The molecule has 3 N–H and O–H groups in total. The Balaban J connectivity index is 1.23. The van der Waals surface area contributed by atoms with E-state index in [4.69, 9.17) is 0 Å². The van der Waals surface area contributed by atoms with Gasteiger partial charge in [-0.25, -0.2) is 24.3 Å². The van der Waals surface area contributed by atoms with E-state index in [1.54, 1.807) is 18.2 Å². The predicted octanol–water partition coefficient (Wildman–Crippen LogP) is 2.13. The van der Waals surface area contributed by atoms with E-state index in [0.29, 0.717) is 18.5 Å². The molecule has 0 saturated heterocycles. The lowest BCUT2D eigenvalue weighted by molar-refractivity contribution is -0.275. The monoisotopic (exact) mass is 558 g/mol. The molecule has 12 nitrogen and oxygen atoms in total. The number of H-pyrrole nitrogens is 1. The summed E-state index contributed by atoms with van der Waals surface area (Å²) < 4.78 is 55.7. The minimum atomic E-state index is -5.08. The second-order valence-electron chi connectivity index (χ2n) is 8.65. The Morgan fingerprint density at radius 3 is 2.58 bits per heavy atom. The Hall–Kier alpha value is -5.15. The highest BCUT2D eigenvalue weighted by molar-refractivity contribution is 5.97. The Morgan fingerprint density at radius 1 is 1.07 bits per heavy atom. The second-order valence-corrected chi connectivity index (χ2v) is 8.65. The lowest BCUT2D eigenvalue weighted by Gasteiger charge is -2.14. The maximum atomic E-state index is 13.6. The molecule has 5 rings (SSSR count). The first kappa shape index (κ1) is 26.5. The van der Waals surface area contributed by atoms with Gasteiger partial charge >= 0.3 is 12.1 Å². The lowest BCUT2D eigenvalue weighted by atomic mass is 10.1. The molecule has 0 radical (unpaired) electrons. The van der Waals surface area contributed by atoms with Gasteiger partial charge in [-0.1, -0.05) is 12.1 Å². The smallest absolute Gasteiger partial charge is 0.403 e. The van der Waals surface area contributed by atoms with Crippen LogP contribution in [0.25, 0.3) is 5.69 Å². The summed E-state index contributed by atoms with van der Waals surface area (Å²) in [4.78, 5) is 45.0. The first-order valence-electron chi connectivity index (χ1n) is 11.7. The van der Waals surface area contributed by atoms with E-state index < -0.39 is 35.4 Å². The number of aryl methyl sites for hydroxylation is 1. The van der Waals surface area contributed by atoms with Crippen LogP contribution in [0.3, 0.4) is 0 Å². The van der Waals surface area contributed by atoms with Gasteiger partial charge in [0.2, 0.25) is 0 Å². The molecule has 2 amide bonds. The van der Waals surface area contributed by atoms with Gasteiger partial charge in [0.15, 0.2) is 11.6 Å². The van der Waals surface area contributed by atoms with E-state index in [2.05, 4.69) is 40.9 Å². The molecular formula is C24H18F4N8O4. The minimum absolute atomic E-state index is 0.0815. The standard InChI is InChI=1S/C24H18F4N8O4/c25-16-5-1-12(7-20(16)40-24(26,27)28)10-29-21(37)18-9-19(31-11-30-18)22(38)32-17-6-2-13-8-14(3-4-15(13)17)36-23(39)33-34-35-36/h1,3-5,7-9,11,17H,2,6,10H2,(H,29,37)(H,32,38)(H,33,35,39)/t17-/m0/s1. The molecule has 0 spiro atoms. The molecule has 0 fully saturated rings. The molecular weight excluding hydrogens is 540 g/mol. The molecule has 0 aliphatic heterocycles. The number of carbonyl (C=O) groups excluding carboxylic acids is 2. The summed E-state index contributed by atoms with van der Waals surface area (Å²) in [6, 6.07) is 8.86. The number of alkyl halides is 3. The number of hydrogen-bond acceptors (Lipinski definition) is 8. The zero-order valence-electron chi connectivity index (χ0n) is 20.2. The zero-order valence-corrected chi connectivity index (χ0v) is 20.2. The Labute approximate surface area is 221 Å². The van der Waals surface area contributed by atoms with Gasteiger partial charge in [0.25, 0.3) is 11.8 Å². The summed E-state index contributed by atoms with van der Waals surface area (Å²) in [7, 11) is 0. The van der Waals surface area contributed by atoms with Crippen molar-refractivity contribution in [3.63, 3.8) is 0 Å². The third kappa shape index (κ3) is 5.79. The molecule has 2 aromatic heterocycles. The average Bonchev–Trinajstić information content (AvgIpc) is 3.53. The van der Waals surface area contributed by atoms with Crippen LogP contribution in [-0.2, 0) is 13.0 Å². The fourth-order valence-corrected chi connectivity index (χ4v) is 4.22. The normalized spacial score (nSPS) is 14.4. The van der Waals surface area contributed by atoms with Crippen LogP contribution in [0.2, 0.25) is 0 Å². The number of rotatable bonds is 7. The number of nitrogens with one attached hydrogen (secondary N) is 3. The van der Waals surface area contributed by atoms with Gasteiger partial charge in [-0.05, 0) is 64.2 Å². The minimum Gasteiger partial charge on any atom is -0.403 e. The highest BCUT2D eigenvalue weighted by Crippen LogP contribution is 2.32. The number of ether oxygens (including phenoxy) is 1. The van der Waals surface area contributed by atoms with Crippen molar-refractivity contribution in [1.82, 2.24) is 40.8 Å². The van der Waals surface area contributed by atoms with Gasteiger partial charge in [-0.3, -0.25) is 9.59 Å². The molecule has 4 aromatic rings. The summed E-state index contributed by atoms with van der Waals surface area (Å²) in [5, 5.41) is 14.7. The molecule has 0 bridgehead atoms. The van der Waals surface area contributed by atoms with Crippen LogP contribution in [0.15, 0.2) is 53.6 Å². The van der Waals surface area contributed by atoms with Crippen molar-refractivity contribution in [2.45, 2.75) is 31.8 Å². The fourth-order valence-electron chi connectivity index (χ4n) is 4.22. The number of carbonyl (C=O) groups is 2. The van der Waals surface area contributed by atoms with Crippen LogP contribution in [-0.4, -0.2) is 48.4 Å². The summed E-state index contributed by atoms with van der Waals surface area (Å²) in [5.41, 5.74) is 1.71. The lowest BCUT2D eigenvalue weighted by Crippen LogP contribution is -2.29. The van der Waals surface area contributed by atoms with Crippen molar-refractivity contribution in [1.29, 1.82) is 0 Å². The summed E-state index contributed by atoms with van der Waals surface area (Å²) in [5.74, 6) is -3.54. The van der Waals surface area contributed by atoms with Crippen molar-refractivity contribution < 1.29 is 31.9 Å². The third-order valence-corrected chi connectivity index (χ3v) is 6.03. The molecule has 1 aliphatic carbocycles. The zero-order chi connectivity index (χ0) is 28.4. The van der Waals surface area contributed by atoms with E-state index in [0.717, 1.165) is 34.3 Å². The fraction of sp³-hybridized carbons (Fsp3) is 0.208. The van der Waals surface area contributed by atoms with Crippen LogP contribution >= 0.6 is 0 Å². The van der Waals surface area contributed by atoms with Gasteiger partial charge in [0, 0.05) is 12.6 Å². The number of hydrogen-bond donors (Lipinski definition) is 3. The average molecular weight is 558 g/mol. The molecule has 0 unspecified atom stereocenters. The van der Waals surface area contributed by atoms with Crippen molar-refractivity contribution in [3.05, 3.63) is 93.2 Å². The van der Waals surface area contributed by atoms with Gasteiger partial charge in [0.05, 0.1) is 11.7 Å². The number of nitrogens with zero attached hydrogens (tertiary/aromatic N) is 5. The highest BCUT2D eigenvalue weighted by atomic mass is 19.4. The Kier molecular flexibility index (Phi) is 6.98. The molecule has 1 atom stereocenters. The van der Waals surface area contributed by atoms with Gasteiger partial charge in [-0.15, -0.1) is 13.2 Å². The van der Waals surface area contributed by atoms with E-state index >= 15 is 0 Å². The summed E-state index contributed by atoms with van der Waals surface area (Å²) >= 11 is 0. The predicted molar refractivity (Wildman–Crippen MR) is 127 cm³/mol. The summed E-state index contributed by atoms with van der Waals surface area (Å²) in [6.07, 6.45) is -2.82. The Morgan fingerprint density at radius 2 is 1.85 bits per heavy atom. The molecule has 16 heteroatoms. The number of halogens is 4. The van der Waals surface area contributed by atoms with Crippen molar-refractivity contribution in [2.75, 3.05) is 0 Å². The number of fused-ring (bicyclic) bond motifs is 1. The quantitative estimate of drug-likeness (QED) is 0.291. The number of amides is 2. The first-order chi connectivity index (χ1) is 19.1. The van der Waals surface area contributed by atoms with Crippen LogP contribution in [0.5, 0.6) is 5.75 Å². The number of benzene rings is 2. The first-order valence-corrected chi connectivity index (χ1v) is 11.7. The molecule has 206 valence electrons. The van der Waals surface area contributed by atoms with E-state index in [9.17, 15) is 31.9 Å². The third-order valence-electron chi connectivity index (χ3n) is 6.03. The van der Waals surface area contributed by atoms with Crippen LogP contribution in [0.1, 0.15) is 50.1 Å². The SMILES string of the molecule is O=C(NCc1ccc(F)c(OC(F)(F)F)c1)c1cc(C(=O)N[C@H]2CCc3cc(-n4nn[nH]c4=O)ccc32)ncn1. The van der Waals surface area contributed by atoms with Crippen molar-refractivity contribution >= 4 is 11.8 Å². The largest absolute Gasteiger partial charge is 0.573 e. The van der Waals surface area contributed by atoms with E-state index in [1.807, 2.05) is 0 Å². The number of aromatic amines is 1. The van der Waals surface area contributed by atoms with Crippen molar-refractivity contribution in [3.8, 4) is 11.4 Å². The van der Waals surface area contributed by atoms with Gasteiger partial charge in [0.1, 0.15) is 17.7 Å². The number of tetrazole rings is 1. The molecule has 1 aliphatic rings. The highest BCUT2D eigenvalue weighted by Gasteiger charge is 2.32. The van der Waals surface area contributed by atoms with Crippen LogP contribution in [0.4, 0.5) is 17.6 Å². The Bertz CT molecular complexity index is 1650. The topological polar surface area (TPSA) is 157 Å². The number of aromatic nitrogens is 6. The molecule has 2 heterocycles. The second kappa shape index (κ2) is 10.5.